The Morgan fingerprint density at radius 2 is 1.40 bits per heavy atom. The highest BCUT2D eigenvalue weighted by atomic mass is 79.9. The zero-order chi connectivity index (χ0) is 2.71. The first-order valence-electron chi connectivity index (χ1n) is 0.454. The third-order valence-electron chi connectivity index (χ3n) is 0. The molecule has 0 saturated carbocycles. The quantitative estimate of drug-likeness (QED) is 0.548. The zero-order valence-electron chi connectivity index (χ0n) is 2.18. The lowest BCUT2D eigenvalue weighted by molar-refractivity contribution is 0.606. The van der Waals surface area contributed by atoms with E-state index in [-0.39, 0.29) is 24.8 Å². The Hall–Kier alpha value is 1.29. The summed E-state index contributed by atoms with van der Waals surface area (Å²) in [4.78, 5) is 0. The largest absolute Gasteiger partial charge is 0.318 e. The van der Waals surface area contributed by atoms with Crippen molar-refractivity contribution in [1.82, 2.24) is 0 Å². The van der Waals surface area contributed by atoms with Crippen LogP contribution in [0.3, 0.4) is 0 Å². The monoisotopic (exact) mass is 200 g/mol. The van der Waals surface area contributed by atoms with Gasteiger partial charge in [0.1, 0.15) is 7.16 Å². The van der Waals surface area contributed by atoms with Crippen LogP contribution in [0.2, 0.25) is 0 Å². The van der Waals surface area contributed by atoms with E-state index in [4.69, 9.17) is 4.57 Å². The molecule has 0 radical (unpaired) electrons. The molecule has 5 heavy (non-hydrogen) atoms. The molecule has 0 bridgehead atoms. The molecule has 0 aliphatic rings. The number of halogens is 3. The molecule has 0 aliphatic heterocycles. The third kappa shape index (κ3) is 34.4. The Morgan fingerprint density at radius 3 is 1.40 bits per heavy atom. The van der Waals surface area contributed by atoms with Crippen LogP contribution in [0.5, 0.6) is 0 Å². The van der Waals surface area contributed by atoms with Crippen molar-refractivity contribution < 1.29 is 4.57 Å². The molecule has 0 amide bonds. The third-order valence-corrected chi connectivity index (χ3v) is 0. The van der Waals surface area contributed by atoms with E-state index < -0.39 is 7.16 Å². The number of hydrogen-bond acceptors (Lipinski definition) is 1. The summed E-state index contributed by atoms with van der Waals surface area (Å²) >= 11 is 2.67. The van der Waals surface area contributed by atoms with Crippen LogP contribution < -0.4 is 0 Å². The summed E-state index contributed by atoms with van der Waals surface area (Å²) in [6.45, 7) is 0. The van der Waals surface area contributed by atoms with Crippen LogP contribution >= 0.6 is 47.5 Å². The summed E-state index contributed by atoms with van der Waals surface area (Å²) in [5, 5.41) is 0. The van der Waals surface area contributed by atoms with Crippen molar-refractivity contribution in [3.8, 4) is 0 Å². The van der Waals surface area contributed by atoms with Gasteiger partial charge < -0.3 is 4.57 Å². The first-order valence-corrected chi connectivity index (χ1v) is 4.11. The van der Waals surface area contributed by atoms with Crippen LogP contribution in [0.25, 0.3) is 0 Å². The van der Waals surface area contributed by atoms with Crippen molar-refractivity contribution in [2.24, 2.45) is 0 Å². The first kappa shape index (κ1) is 16.3. The van der Waals surface area contributed by atoms with Gasteiger partial charge in [-0.25, -0.2) is 0 Å². The highest BCUT2D eigenvalue weighted by Gasteiger charge is 1.24. The fourth-order valence-electron chi connectivity index (χ4n) is 0. The Balaban J connectivity index is -0.0000000200. The molecule has 0 aromatic heterocycles. The normalized spacial score (nSPS) is 5.80. The fraction of sp³-hybridized carbons (Fsp3) is 0. The molecule has 0 saturated heterocycles. The van der Waals surface area contributed by atoms with Crippen molar-refractivity contribution in [2.45, 2.75) is 0 Å². The standard InChI is InChI=1S/BrH2OP.2ClH/c1-3-2;;/h3H2;2*1H. The van der Waals surface area contributed by atoms with Gasteiger partial charge in [-0.2, -0.15) is 0 Å². The molecule has 0 rings (SSSR count). The van der Waals surface area contributed by atoms with Crippen LogP contribution in [0.15, 0.2) is 0 Å². The number of rotatable bonds is 0. The van der Waals surface area contributed by atoms with Crippen LogP contribution in [-0.4, -0.2) is 0 Å². The molecule has 1 nitrogen and oxygen atoms in total. The highest BCUT2D eigenvalue weighted by Crippen LogP contribution is 1.98. The van der Waals surface area contributed by atoms with Crippen LogP contribution in [0.4, 0.5) is 0 Å². The molecule has 0 heterocycles. The summed E-state index contributed by atoms with van der Waals surface area (Å²) in [5.41, 5.74) is 0. The predicted octanol–water partition coefficient (Wildman–Crippen LogP) is 1.90. The lowest BCUT2D eigenvalue weighted by Crippen LogP contribution is -0.681. The molecular weight excluding hydrogens is 198 g/mol. The average Bonchev–Trinajstić information content (AvgIpc) is 0.918. The van der Waals surface area contributed by atoms with Gasteiger partial charge in [-0.3, -0.25) is 0 Å². The maximum Gasteiger partial charge on any atom is 0.125 e. The van der Waals surface area contributed by atoms with Crippen LogP contribution in [0.1, 0.15) is 0 Å². The lowest BCUT2D eigenvalue weighted by atomic mass is 16.0. The Bertz CT molecular complexity index is 17.1. The molecule has 1 unspecified atom stereocenters. The molecule has 0 aromatic rings. The predicted molar refractivity (Wildman–Crippen MR) is 33.8 cm³/mol. The number of hydrogen-bond donors (Lipinski definition) is 0. The minimum Gasteiger partial charge on any atom is -0.318 e. The smallest absolute Gasteiger partial charge is 0.125 e. The van der Waals surface area contributed by atoms with Crippen LogP contribution in [0, 0.1) is 0 Å². The van der Waals surface area contributed by atoms with Gasteiger partial charge in [-0.05, 0) is 15.5 Å². The minimum absolute atomic E-state index is 0. The molecular formula is H4BrCl2OP. The second kappa shape index (κ2) is 18.6. The van der Waals surface area contributed by atoms with E-state index in [1.54, 1.807) is 0 Å². The molecule has 0 aromatic carbocycles. The van der Waals surface area contributed by atoms with Gasteiger partial charge >= 0.3 is 0 Å². The lowest BCUT2D eigenvalue weighted by Gasteiger charge is -1.24. The van der Waals surface area contributed by atoms with Gasteiger partial charge in [0.2, 0.25) is 0 Å². The maximum absolute atomic E-state index is 8.93. The van der Waals surface area contributed by atoms with Gasteiger partial charge in [-0.1, -0.05) is 0 Å². The van der Waals surface area contributed by atoms with E-state index in [2.05, 4.69) is 15.5 Å². The average molecular weight is 202 g/mol. The zero-order valence-corrected chi connectivity index (χ0v) is 6.55. The minimum atomic E-state index is -0.688. The molecule has 5 heteroatoms. The topological polar surface area (TPSA) is 17.1 Å². The van der Waals surface area contributed by atoms with Crippen molar-refractivity contribution in [3.05, 3.63) is 0 Å². The molecule has 1 atom stereocenters. The second-order valence-electron chi connectivity index (χ2n) is 0.0891. The van der Waals surface area contributed by atoms with Gasteiger partial charge in [0.05, 0.1) is 0 Å². The van der Waals surface area contributed by atoms with Crippen molar-refractivity contribution >= 4 is 47.5 Å². The molecule has 0 spiro atoms. The summed E-state index contributed by atoms with van der Waals surface area (Å²) in [7, 11) is -0.688. The summed E-state index contributed by atoms with van der Waals surface area (Å²) in [6, 6.07) is 0. The van der Waals surface area contributed by atoms with Crippen molar-refractivity contribution in [3.63, 3.8) is 0 Å². The maximum atomic E-state index is 8.93. The van der Waals surface area contributed by atoms with Crippen molar-refractivity contribution in [1.29, 1.82) is 0 Å². The van der Waals surface area contributed by atoms with E-state index in [1.807, 2.05) is 0 Å². The Morgan fingerprint density at radius 1 is 1.40 bits per heavy atom. The molecule has 0 N–H and O–H groups in total. The van der Waals surface area contributed by atoms with E-state index in [0.29, 0.717) is 0 Å². The molecule has 36 valence electrons. The first-order chi connectivity index (χ1) is 1.41. The van der Waals surface area contributed by atoms with E-state index in [0.717, 1.165) is 0 Å². The Labute approximate surface area is 52.3 Å². The summed E-state index contributed by atoms with van der Waals surface area (Å²) in [5.74, 6) is 0. The van der Waals surface area contributed by atoms with E-state index in [9.17, 15) is 0 Å². The van der Waals surface area contributed by atoms with E-state index >= 15 is 0 Å². The van der Waals surface area contributed by atoms with Gasteiger partial charge in [-0.15, -0.1) is 24.8 Å². The van der Waals surface area contributed by atoms with Crippen molar-refractivity contribution in [2.75, 3.05) is 0 Å². The Kier molecular flexibility index (Phi) is 60.4. The summed E-state index contributed by atoms with van der Waals surface area (Å²) < 4.78 is 8.93. The fourth-order valence-corrected chi connectivity index (χ4v) is 0. The molecule has 0 fully saturated rings. The SMILES string of the molecule is Cl.Cl.O=[PH2]Br. The van der Waals surface area contributed by atoms with Gasteiger partial charge in [0, 0.05) is 0 Å². The molecule has 0 aliphatic carbocycles. The second-order valence-corrected chi connectivity index (χ2v) is 1.39. The van der Waals surface area contributed by atoms with Crippen LogP contribution in [-0.2, 0) is 4.57 Å². The highest BCUT2D eigenvalue weighted by molar-refractivity contribution is 9.35. The summed E-state index contributed by atoms with van der Waals surface area (Å²) in [6.07, 6.45) is 0. The van der Waals surface area contributed by atoms with Gasteiger partial charge in [0.15, 0.2) is 0 Å². The van der Waals surface area contributed by atoms with E-state index in [1.165, 1.54) is 0 Å². The van der Waals surface area contributed by atoms with Gasteiger partial charge in [0.25, 0.3) is 0 Å².